The van der Waals surface area contributed by atoms with Crippen molar-refractivity contribution < 1.29 is 19.4 Å². The normalized spacial score (nSPS) is 27.3. The Hall–Kier alpha value is -1.18. The number of carboxylic acids is 1. The van der Waals surface area contributed by atoms with Crippen LogP contribution in [0.25, 0.3) is 0 Å². The number of ether oxygens (including phenoxy) is 1. The molecule has 7 nitrogen and oxygen atoms in total. The molecule has 156 valence electrons. The average Bonchev–Trinajstić information content (AvgIpc) is 2.85. The summed E-state index contributed by atoms with van der Waals surface area (Å²) in [6.45, 7) is 5.62. The van der Waals surface area contributed by atoms with Gasteiger partial charge in [0.2, 0.25) is 5.91 Å². The third-order valence-corrected chi connectivity index (χ3v) is 5.95. The van der Waals surface area contributed by atoms with Gasteiger partial charge in [0, 0.05) is 19.1 Å². The van der Waals surface area contributed by atoms with E-state index in [1.165, 1.54) is 19.3 Å². The number of hydrogen-bond acceptors (Lipinski definition) is 5. The summed E-state index contributed by atoms with van der Waals surface area (Å²) in [7, 11) is 1.87. The molecule has 3 atom stereocenters. The van der Waals surface area contributed by atoms with Crippen LogP contribution in [0.2, 0.25) is 0 Å². The monoisotopic (exact) mass is 383 g/mol. The summed E-state index contributed by atoms with van der Waals surface area (Å²) in [4.78, 5) is 27.2. The Morgan fingerprint density at radius 3 is 2.67 bits per heavy atom. The van der Waals surface area contributed by atoms with Gasteiger partial charge in [-0.2, -0.15) is 0 Å². The molecular weight excluding hydrogens is 346 g/mol. The molecule has 1 aliphatic carbocycles. The van der Waals surface area contributed by atoms with Crippen molar-refractivity contribution in [3.05, 3.63) is 0 Å². The first-order chi connectivity index (χ1) is 13.0. The SMILES string of the molecule is CC1CCCCC1OCCNC(=O)CN1CCCC(N(C)CC(=O)O)CC1. The molecule has 0 radical (unpaired) electrons. The number of nitrogens with one attached hydrogen (secondary N) is 1. The van der Waals surface area contributed by atoms with Gasteiger partial charge < -0.3 is 15.2 Å². The topological polar surface area (TPSA) is 82.1 Å². The van der Waals surface area contributed by atoms with Crippen LogP contribution in [0.5, 0.6) is 0 Å². The summed E-state index contributed by atoms with van der Waals surface area (Å²) in [5, 5.41) is 11.9. The molecule has 27 heavy (non-hydrogen) atoms. The van der Waals surface area contributed by atoms with Crippen molar-refractivity contribution in [2.24, 2.45) is 5.92 Å². The lowest BCUT2D eigenvalue weighted by molar-refractivity contribution is -0.138. The highest BCUT2D eigenvalue weighted by molar-refractivity contribution is 5.78. The first-order valence-corrected chi connectivity index (χ1v) is 10.5. The van der Waals surface area contributed by atoms with Gasteiger partial charge in [-0.1, -0.05) is 19.8 Å². The second kappa shape index (κ2) is 11.6. The minimum absolute atomic E-state index is 0.0487. The molecule has 2 fully saturated rings. The smallest absolute Gasteiger partial charge is 0.317 e. The summed E-state index contributed by atoms with van der Waals surface area (Å²) in [5.74, 6) is -0.116. The van der Waals surface area contributed by atoms with Crippen LogP contribution in [0, 0.1) is 5.92 Å². The molecule has 2 aliphatic rings. The number of carbonyl (C=O) groups excluding carboxylic acids is 1. The fraction of sp³-hybridized carbons (Fsp3) is 0.900. The number of likely N-dealkylation sites (N-methyl/N-ethyl adjacent to an activating group) is 1. The van der Waals surface area contributed by atoms with E-state index in [1.54, 1.807) is 0 Å². The average molecular weight is 384 g/mol. The van der Waals surface area contributed by atoms with Gasteiger partial charge in [0.1, 0.15) is 0 Å². The lowest BCUT2D eigenvalue weighted by Gasteiger charge is -2.28. The number of hydrogen-bond donors (Lipinski definition) is 2. The molecule has 1 saturated carbocycles. The highest BCUT2D eigenvalue weighted by atomic mass is 16.5. The van der Waals surface area contributed by atoms with Crippen LogP contribution >= 0.6 is 0 Å². The molecule has 0 aromatic heterocycles. The molecule has 1 aliphatic heterocycles. The highest BCUT2D eigenvalue weighted by Gasteiger charge is 2.23. The van der Waals surface area contributed by atoms with E-state index in [-0.39, 0.29) is 18.5 Å². The minimum atomic E-state index is -0.789. The van der Waals surface area contributed by atoms with Gasteiger partial charge in [0.15, 0.2) is 0 Å². The highest BCUT2D eigenvalue weighted by Crippen LogP contribution is 2.26. The predicted octanol–water partition coefficient (Wildman–Crippen LogP) is 1.57. The lowest BCUT2D eigenvalue weighted by atomic mass is 9.88. The molecule has 7 heteroatoms. The molecule has 0 aromatic carbocycles. The molecule has 0 spiro atoms. The lowest BCUT2D eigenvalue weighted by Crippen LogP contribution is -2.40. The molecule has 3 unspecified atom stereocenters. The summed E-state index contributed by atoms with van der Waals surface area (Å²) < 4.78 is 5.95. The molecule has 1 heterocycles. The maximum atomic E-state index is 12.2. The summed E-state index contributed by atoms with van der Waals surface area (Å²) in [5.41, 5.74) is 0. The zero-order chi connectivity index (χ0) is 19.6. The maximum Gasteiger partial charge on any atom is 0.317 e. The van der Waals surface area contributed by atoms with Crippen molar-refractivity contribution in [1.29, 1.82) is 0 Å². The van der Waals surface area contributed by atoms with Crippen LogP contribution < -0.4 is 5.32 Å². The summed E-state index contributed by atoms with van der Waals surface area (Å²) in [6.07, 6.45) is 8.16. The van der Waals surface area contributed by atoms with E-state index in [9.17, 15) is 9.59 Å². The molecule has 2 rings (SSSR count). The number of nitrogens with zero attached hydrogens (tertiary/aromatic N) is 2. The van der Waals surface area contributed by atoms with Crippen molar-refractivity contribution in [2.75, 3.05) is 46.4 Å². The van der Waals surface area contributed by atoms with E-state index in [0.717, 1.165) is 38.8 Å². The molecule has 0 bridgehead atoms. The standard InChI is InChI=1S/C20H37N3O4/c1-16-6-3-4-8-18(16)27-13-10-21-19(24)14-23-11-5-7-17(9-12-23)22(2)15-20(25)26/h16-18H,3-15H2,1-2H3,(H,21,24)(H,25,26). The van der Waals surface area contributed by atoms with Crippen LogP contribution in [-0.2, 0) is 14.3 Å². The van der Waals surface area contributed by atoms with Crippen molar-refractivity contribution >= 4 is 11.9 Å². The number of rotatable bonds is 9. The van der Waals surface area contributed by atoms with Gasteiger partial charge >= 0.3 is 5.97 Å². The van der Waals surface area contributed by atoms with E-state index in [4.69, 9.17) is 9.84 Å². The number of carboxylic acid groups (broad SMARTS) is 1. The predicted molar refractivity (Wildman–Crippen MR) is 105 cm³/mol. The molecular formula is C20H37N3O4. The van der Waals surface area contributed by atoms with Crippen LogP contribution in [-0.4, -0.2) is 85.3 Å². The Kier molecular flexibility index (Phi) is 9.51. The Labute approximate surface area is 163 Å². The van der Waals surface area contributed by atoms with Gasteiger partial charge in [-0.05, 0) is 51.6 Å². The minimum Gasteiger partial charge on any atom is -0.480 e. The molecule has 2 N–H and O–H groups in total. The third kappa shape index (κ3) is 8.15. The van der Waals surface area contributed by atoms with Gasteiger partial charge in [-0.3, -0.25) is 19.4 Å². The Balaban J connectivity index is 1.60. The molecule has 0 aromatic rings. The summed E-state index contributed by atoms with van der Waals surface area (Å²) >= 11 is 0. The quantitative estimate of drug-likeness (QED) is 0.588. The number of amides is 1. The fourth-order valence-corrected chi connectivity index (χ4v) is 4.27. The van der Waals surface area contributed by atoms with Gasteiger partial charge in [0.25, 0.3) is 0 Å². The maximum absolute atomic E-state index is 12.2. The zero-order valence-electron chi connectivity index (χ0n) is 17.0. The van der Waals surface area contributed by atoms with Gasteiger partial charge in [-0.15, -0.1) is 0 Å². The molecule has 1 saturated heterocycles. The Morgan fingerprint density at radius 1 is 1.15 bits per heavy atom. The van der Waals surface area contributed by atoms with E-state index in [2.05, 4.69) is 17.1 Å². The second-order valence-corrected chi connectivity index (χ2v) is 8.19. The number of carbonyl (C=O) groups is 2. The first-order valence-electron chi connectivity index (χ1n) is 10.5. The Bertz CT molecular complexity index is 474. The van der Waals surface area contributed by atoms with E-state index >= 15 is 0 Å². The van der Waals surface area contributed by atoms with Crippen LogP contribution in [0.1, 0.15) is 51.9 Å². The number of aliphatic carboxylic acids is 1. The van der Waals surface area contributed by atoms with Crippen molar-refractivity contribution in [3.8, 4) is 0 Å². The van der Waals surface area contributed by atoms with E-state index < -0.39 is 5.97 Å². The third-order valence-electron chi connectivity index (χ3n) is 5.95. The van der Waals surface area contributed by atoms with Gasteiger partial charge in [-0.25, -0.2) is 0 Å². The van der Waals surface area contributed by atoms with Crippen molar-refractivity contribution in [3.63, 3.8) is 0 Å². The van der Waals surface area contributed by atoms with E-state index in [1.807, 2.05) is 11.9 Å². The fourth-order valence-electron chi connectivity index (χ4n) is 4.27. The zero-order valence-corrected chi connectivity index (χ0v) is 17.0. The van der Waals surface area contributed by atoms with Crippen LogP contribution in [0.4, 0.5) is 0 Å². The first kappa shape index (κ1) is 22.1. The van der Waals surface area contributed by atoms with Crippen molar-refractivity contribution in [1.82, 2.24) is 15.1 Å². The second-order valence-electron chi connectivity index (χ2n) is 8.19. The number of likely N-dealkylation sites (tertiary alicyclic amines) is 1. The largest absolute Gasteiger partial charge is 0.480 e. The van der Waals surface area contributed by atoms with Gasteiger partial charge in [0.05, 0.1) is 25.8 Å². The molecule has 1 amide bonds. The van der Waals surface area contributed by atoms with Crippen LogP contribution in [0.15, 0.2) is 0 Å². The van der Waals surface area contributed by atoms with Crippen LogP contribution in [0.3, 0.4) is 0 Å². The van der Waals surface area contributed by atoms with Crippen molar-refractivity contribution in [2.45, 2.75) is 64.0 Å². The Morgan fingerprint density at radius 2 is 1.93 bits per heavy atom. The summed E-state index contributed by atoms with van der Waals surface area (Å²) in [6, 6.07) is 0.278. The van der Waals surface area contributed by atoms with E-state index in [0.29, 0.717) is 31.7 Å².